The first-order valence-corrected chi connectivity index (χ1v) is 6.74. The minimum atomic E-state index is -3.97. The van der Waals surface area contributed by atoms with Crippen LogP contribution < -0.4 is 0 Å². The van der Waals surface area contributed by atoms with Crippen LogP contribution in [0.3, 0.4) is 0 Å². The van der Waals surface area contributed by atoms with Gasteiger partial charge in [-0.1, -0.05) is 18.9 Å². The Morgan fingerprint density at radius 1 is 1.50 bits per heavy atom. The first-order valence-electron chi connectivity index (χ1n) is 5.30. The molecule has 4 nitrogen and oxygen atoms in total. The zero-order valence-electron chi connectivity index (χ0n) is 9.93. The zero-order chi connectivity index (χ0) is 13.8. The lowest BCUT2D eigenvalue weighted by atomic mass is 10.2. The van der Waals surface area contributed by atoms with Gasteiger partial charge in [-0.25, -0.2) is 12.8 Å². The third-order valence-electron chi connectivity index (χ3n) is 2.42. The van der Waals surface area contributed by atoms with E-state index in [9.17, 15) is 12.8 Å². The molecule has 0 aliphatic heterocycles. The number of sulfonamides is 1. The lowest BCUT2D eigenvalue weighted by Gasteiger charge is -2.18. The van der Waals surface area contributed by atoms with Crippen LogP contribution in [0, 0.1) is 18.2 Å². The molecule has 0 bridgehead atoms. The summed E-state index contributed by atoms with van der Waals surface area (Å²) in [5.74, 6) is 1.36. The summed E-state index contributed by atoms with van der Waals surface area (Å²) in [6, 6.07) is 3.46. The molecule has 18 heavy (non-hydrogen) atoms. The summed E-state index contributed by atoms with van der Waals surface area (Å²) in [5.41, 5.74) is 0.326. The van der Waals surface area contributed by atoms with Gasteiger partial charge in [0.2, 0.25) is 10.0 Å². The Morgan fingerprint density at radius 3 is 2.67 bits per heavy atom. The summed E-state index contributed by atoms with van der Waals surface area (Å²) >= 11 is 0. The van der Waals surface area contributed by atoms with Gasteiger partial charge in [-0.15, -0.1) is 6.42 Å². The molecule has 1 rings (SSSR count). The predicted molar refractivity (Wildman–Crippen MR) is 65.6 cm³/mol. The third kappa shape index (κ3) is 2.88. The fourth-order valence-corrected chi connectivity index (χ4v) is 2.93. The van der Waals surface area contributed by atoms with Gasteiger partial charge in [0.05, 0.1) is 13.2 Å². The van der Waals surface area contributed by atoms with E-state index in [1.165, 1.54) is 6.07 Å². The van der Waals surface area contributed by atoms with Gasteiger partial charge in [0.1, 0.15) is 10.7 Å². The summed E-state index contributed by atoms with van der Waals surface area (Å²) in [6.07, 6.45) is 5.08. The van der Waals surface area contributed by atoms with Crippen molar-refractivity contribution in [2.75, 3.05) is 13.1 Å². The van der Waals surface area contributed by atoms with Crippen LogP contribution in [0.5, 0.6) is 0 Å². The quantitative estimate of drug-likeness (QED) is 0.812. The fourth-order valence-electron chi connectivity index (χ4n) is 1.45. The molecule has 98 valence electrons. The standard InChI is InChI=1S/C12H14FNO3S/c1-3-7-14(4-2)18(16,17)12-8-10(9-15)5-6-11(12)13/h1,5-6,8,15H,4,7,9H2,2H3. The van der Waals surface area contributed by atoms with E-state index >= 15 is 0 Å². The number of rotatable bonds is 5. The van der Waals surface area contributed by atoms with E-state index in [1.54, 1.807) is 6.92 Å². The van der Waals surface area contributed by atoms with Crippen LogP contribution in [0.1, 0.15) is 12.5 Å². The van der Waals surface area contributed by atoms with Crippen molar-refractivity contribution in [3.05, 3.63) is 29.6 Å². The van der Waals surface area contributed by atoms with E-state index in [2.05, 4.69) is 5.92 Å². The van der Waals surface area contributed by atoms with Crippen LogP contribution in [0.4, 0.5) is 4.39 Å². The highest BCUT2D eigenvalue weighted by Crippen LogP contribution is 2.20. The minimum absolute atomic E-state index is 0.123. The summed E-state index contributed by atoms with van der Waals surface area (Å²) < 4.78 is 38.9. The number of hydrogen-bond acceptors (Lipinski definition) is 3. The molecular weight excluding hydrogens is 257 g/mol. The molecule has 0 heterocycles. The molecule has 0 amide bonds. The van der Waals surface area contributed by atoms with Crippen molar-refractivity contribution in [1.82, 2.24) is 4.31 Å². The topological polar surface area (TPSA) is 57.6 Å². The first kappa shape index (κ1) is 14.6. The maximum atomic E-state index is 13.6. The van der Waals surface area contributed by atoms with E-state index < -0.39 is 20.7 Å². The fraction of sp³-hybridized carbons (Fsp3) is 0.333. The second-order valence-corrected chi connectivity index (χ2v) is 5.46. The van der Waals surface area contributed by atoms with E-state index in [0.29, 0.717) is 5.56 Å². The third-order valence-corrected chi connectivity index (χ3v) is 4.35. The molecule has 1 N–H and O–H groups in total. The van der Waals surface area contributed by atoms with Gasteiger partial charge >= 0.3 is 0 Å². The molecular formula is C12H14FNO3S. The highest BCUT2D eigenvalue weighted by atomic mass is 32.2. The Kier molecular flexibility index (Phi) is 4.84. The van der Waals surface area contributed by atoms with E-state index in [-0.39, 0.29) is 19.7 Å². The molecule has 0 unspecified atom stereocenters. The second-order valence-electron chi connectivity index (χ2n) is 3.56. The van der Waals surface area contributed by atoms with Gasteiger partial charge in [-0.05, 0) is 17.7 Å². The van der Waals surface area contributed by atoms with E-state index in [1.807, 2.05) is 0 Å². The number of halogens is 1. The Labute approximate surface area is 106 Å². The molecule has 0 saturated heterocycles. The van der Waals surface area contributed by atoms with Crippen molar-refractivity contribution in [3.63, 3.8) is 0 Å². The van der Waals surface area contributed by atoms with Crippen LogP contribution in [0.25, 0.3) is 0 Å². The molecule has 0 radical (unpaired) electrons. The van der Waals surface area contributed by atoms with Crippen molar-refractivity contribution >= 4 is 10.0 Å². The van der Waals surface area contributed by atoms with Gasteiger partial charge in [0.25, 0.3) is 0 Å². The molecule has 0 saturated carbocycles. The van der Waals surface area contributed by atoms with Gasteiger partial charge in [-0.3, -0.25) is 0 Å². The molecule has 0 atom stereocenters. The average Bonchev–Trinajstić information content (AvgIpc) is 2.36. The first-order chi connectivity index (χ1) is 8.47. The maximum absolute atomic E-state index is 13.6. The summed E-state index contributed by atoms with van der Waals surface area (Å²) in [7, 11) is -3.97. The number of hydrogen-bond donors (Lipinski definition) is 1. The van der Waals surface area contributed by atoms with Crippen molar-refractivity contribution in [1.29, 1.82) is 0 Å². The lowest BCUT2D eigenvalue weighted by Crippen LogP contribution is -2.32. The van der Waals surface area contributed by atoms with Crippen LogP contribution in [0.2, 0.25) is 0 Å². The van der Waals surface area contributed by atoms with Crippen molar-refractivity contribution in [3.8, 4) is 12.3 Å². The van der Waals surface area contributed by atoms with E-state index in [0.717, 1.165) is 16.4 Å². The Bertz CT molecular complexity index is 563. The number of benzene rings is 1. The number of nitrogens with zero attached hydrogens (tertiary/aromatic N) is 1. The normalized spacial score (nSPS) is 11.5. The van der Waals surface area contributed by atoms with Crippen molar-refractivity contribution in [2.24, 2.45) is 0 Å². The smallest absolute Gasteiger partial charge is 0.246 e. The number of aliphatic hydroxyl groups excluding tert-OH is 1. The largest absolute Gasteiger partial charge is 0.392 e. The molecule has 1 aromatic carbocycles. The Hall–Kier alpha value is -1.42. The summed E-state index contributed by atoms with van der Waals surface area (Å²) in [5, 5.41) is 8.95. The average molecular weight is 271 g/mol. The van der Waals surface area contributed by atoms with Gasteiger partial charge in [0, 0.05) is 6.54 Å². The molecule has 0 aliphatic rings. The SMILES string of the molecule is C#CCN(CC)S(=O)(=O)c1cc(CO)ccc1F. The van der Waals surface area contributed by atoms with Crippen LogP contribution in [-0.4, -0.2) is 30.9 Å². The molecule has 1 aromatic rings. The lowest BCUT2D eigenvalue weighted by molar-refractivity contribution is 0.281. The van der Waals surface area contributed by atoms with Crippen LogP contribution >= 0.6 is 0 Å². The monoisotopic (exact) mass is 271 g/mol. The summed E-state index contributed by atoms with van der Waals surface area (Å²) in [4.78, 5) is -0.467. The molecule has 0 spiro atoms. The highest BCUT2D eigenvalue weighted by Gasteiger charge is 2.25. The summed E-state index contributed by atoms with van der Waals surface area (Å²) in [6.45, 7) is 1.28. The van der Waals surface area contributed by atoms with Gasteiger partial charge in [-0.2, -0.15) is 4.31 Å². The molecule has 0 fully saturated rings. The van der Waals surface area contributed by atoms with Crippen LogP contribution in [-0.2, 0) is 16.6 Å². The predicted octanol–water partition coefficient (Wildman–Crippen LogP) is 0.962. The molecule has 0 aromatic heterocycles. The molecule has 0 aliphatic carbocycles. The minimum Gasteiger partial charge on any atom is -0.392 e. The van der Waals surface area contributed by atoms with Crippen LogP contribution in [0.15, 0.2) is 23.1 Å². The number of terminal acetylenes is 1. The number of aliphatic hydroxyl groups is 1. The second kappa shape index (κ2) is 5.96. The van der Waals surface area contributed by atoms with E-state index in [4.69, 9.17) is 11.5 Å². The Morgan fingerprint density at radius 2 is 2.17 bits per heavy atom. The maximum Gasteiger partial charge on any atom is 0.246 e. The van der Waals surface area contributed by atoms with Crippen molar-refractivity contribution < 1.29 is 17.9 Å². The Balaban J connectivity index is 3.31. The van der Waals surface area contributed by atoms with Gasteiger partial charge < -0.3 is 5.11 Å². The van der Waals surface area contributed by atoms with Gasteiger partial charge in [0.15, 0.2) is 0 Å². The highest BCUT2D eigenvalue weighted by molar-refractivity contribution is 7.89. The molecule has 6 heteroatoms. The van der Waals surface area contributed by atoms with Crippen molar-refractivity contribution in [2.45, 2.75) is 18.4 Å². The zero-order valence-corrected chi connectivity index (χ0v) is 10.7.